The highest BCUT2D eigenvalue weighted by molar-refractivity contribution is 7.11. The molecular formula is C15H11Cl2NS2. The molecule has 0 saturated carbocycles. The van der Waals surface area contributed by atoms with Crippen LogP contribution in [0.15, 0.2) is 53.2 Å². The van der Waals surface area contributed by atoms with E-state index in [0.29, 0.717) is 10.0 Å². The van der Waals surface area contributed by atoms with Crippen molar-refractivity contribution >= 4 is 51.6 Å². The Morgan fingerprint density at radius 1 is 0.800 bits per heavy atom. The summed E-state index contributed by atoms with van der Waals surface area (Å²) in [6.45, 7) is 0. The normalized spacial score (nSPS) is 10.9. The van der Waals surface area contributed by atoms with E-state index in [2.05, 4.69) is 40.3 Å². The van der Waals surface area contributed by atoms with Crippen molar-refractivity contribution in [1.29, 1.82) is 0 Å². The van der Waals surface area contributed by atoms with Gasteiger partial charge in [-0.2, -0.15) is 0 Å². The fourth-order valence-electron chi connectivity index (χ4n) is 1.97. The molecule has 5 heteroatoms. The number of halogens is 2. The van der Waals surface area contributed by atoms with E-state index < -0.39 is 0 Å². The Balaban J connectivity index is 1.99. The van der Waals surface area contributed by atoms with E-state index in [-0.39, 0.29) is 6.04 Å². The van der Waals surface area contributed by atoms with Gasteiger partial charge in [-0.25, -0.2) is 0 Å². The molecule has 20 heavy (non-hydrogen) atoms. The Morgan fingerprint density at radius 3 is 1.80 bits per heavy atom. The minimum Gasteiger partial charge on any atom is -0.370 e. The molecule has 3 aromatic rings. The van der Waals surface area contributed by atoms with Gasteiger partial charge in [0.1, 0.15) is 0 Å². The van der Waals surface area contributed by atoms with Crippen molar-refractivity contribution in [3.8, 4) is 0 Å². The topological polar surface area (TPSA) is 12.0 Å². The first kappa shape index (κ1) is 14.0. The maximum atomic E-state index is 6.26. The summed E-state index contributed by atoms with van der Waals surface area (Å²) in [5, 5.41) is 8.90. The zero-order chi connectivity index (χ0) is 13.9. The molecule has 0 saturated heterocycles. The van der Waals surface area contributed by atoms with Gasteiger partial charge in [0.05, 0.1) is 21.8 Å². The Labute approximate surface area is 135 Å². The second kappa shape index (κ2) is 6.19. The number of para-hydroxylation sites is 1. The summed E-state index contributed by atoms with van der Waals surface area (Å²) in [5.41, 5.74) is 0.780. The second-order valence-corrected chi connectivity index (χ2v) is 6.98. The highest BCUT2D eigenvalue weighted by Gasteiger charge is 2.18. The van der Waals surface area contributed by atoms with Crippen molar-refractivity contribution < 1.29 is 0 Å². The van der Waals surface area contributed by atoms with Gasteiger partial charge in [0.15, 0.2) is 0 Å². The van der Waals surface area contributed by atoms with Gasteiger partial charge < -0.3 is 5.32 Å². The quantitative estimate of drug-likeness (QED) is 0.586. The minimum atomic E-state index is 0.0763. The molecule has 0 amide bonds. The average molecular weight is 340 g/mol. The van der Waals surface area contributed by atoms with Crippen LogP contribution in [-0.2, 0) is 0 Å². The SMILES string of the molecule is Clc1cccc(Cl)c1NC(c1cccs1)c1cccs1. The number of thiophene rings is 2. The van der Waals surface area contributed by atoms with Crippen LogP contribution in [0.5, 0.6) is 0 Å². The Morgan fingerprint density at radius 2 is 1.35 bits per heavy atom. The van der Waals surface area contributed by atoms with Gasteiger partial charge in [-0.1, -0.05) is 41.4 Å². The molecule has 102 valence electrons. The predicted molar refractivity (Wildman–Crippen MR) is 90.6 cm³/mol. The molecule has 0 unspecified atom stereocenters. The first-order chi connectivity index (χ1) is 9.75. The molecule has 0 aliphatic carbocycles. The summed E-state index contributed by atoms with van der Waals surface area (Å²) in [7, 11) is 0. The highest BCUT2D eigenvalue weighted by atomic mass is 35.5. The van der Waals surface area contributed by atoms with Gasteiger partial charge >= 0.3 is 0 Å². The molecule has 3 rings (SSSR count). The van der Waals surface area contributed by atoms with Crippen LogP contribution in [0.3, 0.4) is 0 Å². The first-order valence-corrected chi connectivity index (χ1v) is 8.54. The molecule has 0 aliphatic rings. The summed E-state index contributed by atoms with van der Waals surface area (Å²) < 4.78 is 0. The highest BCUT2D eigenvalue weighted by Crippen LogP contribution is 2.37. The summed E-state index contributed by atoms with van der Waals surface area (Å²) in [4.78, 5) is 2.48. The fourth-order valence-corrected chi connectivity index (χ4v) is 4.14. The maximum Gasteiger partial charge on any atom is 0.0954 e. The number of anilines is 1. The molecule has 0 fully saturated rings. The van der Waals surface area contributed by atoms with Crippen LogP contribution < -0.4 is 5.32 Å². The Kier molecular flexibility index (Phi) is 4.32. The van der Waals surface area contributed by atoms with E-state index in [0.717, 1.165) is 5.69 Å². The van der Waals surface area contributed by atoms with Crippen LogP contribution in [0.2, 0.25) is 10.0 Å². The number of rotatable bonds is 4. The van der Waals surface area contributed by atoms with Gasteiger partial charge in [0, 0.05) is 9.75 Å². The Hall–Kier alpha value is -1.00. The number of hydrogen-bond acceptors (Lipinski definition) is 3. The van der Waals surface area contributed by atoms with E-state index >= 15 is 0 Å². The van der Waals surface area contributed by atoms with Crippen LogP contribution in [-0.4, -0.2) is 0 Å². The molecule has 0 radical (unpaired) electrons. The third-order valence-electron chi connectivity index (χ3n) is 2.91. The molecule has 0 atom stereocenters. The van der Waals surface area contributed by atoms with Crippen molar-refractivity contribution in [3.05, 3.63) is 73.0 Å². The van der Waals surface area contributed by atoms with Crippen molar-refractivity contribution in [2.45, 2.75) is 6.04 Å². The summed E-state index contributed by atoms with van der Waals surface area (Å²) in [6, 6.07) is 14.0. The van der Waals surface area contributed by atoms with E-state index in [1.807, 2.05) is 18.2 Å². The largest absolute Gasteiger partial charge is 0.370 e. The zero-order valence-corrected chi connectivity index (χ0v) is 13.5. The molecule has 1 aromatic carbocycles. The van der Waals surface area contributed by atoms with Crippen LogP contribution in [0.25, 0.3) is 0 Å². The summed E-state index contributed by atoms with van der Waals surface area (Å²) in [5.74, 6) is 0. The van der Waals surface area contributed by atoms with Crippen molar-refractivity contribution in [1.82, 2.24) is 0 Å². The fraction of sp³-hybridized carbons (Fsp3) is 0.0667. The smallest absolute Gasteiger partial charge is 0.0954 e. The standard InChI is InChI=1S/C15H11Cl2NS2/c16-10-4-1-5-11(17)14(10)18-15(12-6-2-8-19-12)13-7-3-9-20-13/h1-9,15,18H. The summed E-state index contributed by atoms with van der Waals surface area (Å²) in [6.07, 6.45) is 0. The van der Waals surface area contributed by atoms with Gasteiger partial charge in [-0.3, -0.25) is 0 Å². The first-order valence-electron chi connectivity index (χ1n) is 6.03. The molecular weight excluding hydrogens is 329 g/mol. The van der Waals surface area contributed by atoms with E-state index in [9.17, 15) is 0 Å². The van der Waals surface area contributed by atoms with Crippen LogP contribution in [0.1, 0.15) is 15.8 Å². The average Bonchev–Trinajstić information content (AvgIpc) is 3.12. The van der Waals surface area contributed by atoms with E-state index in [1.165, 1.54) is 9.75 Å². The predicted octanol–water partition coefficient (Wildman–Crippen LogP) is 6.32. The Bertz CT molecular complexity index is 623. The molecule has 2 heterocycles. The molecule has 1 nitrogen and oxygen atoms in total. The van der Waals surface area contributed by atoms with Crippen LogP contribution >= 0.6 is 45.9 Å². The minimum absolute atomic E-state index is 0.0763. The van der Waals surface area contributed by atoms with Crippen molar-refractivity contribution in [2.75, 3.05) is 5.32 Å². The van der Waals surface area contributed by atoms with Crippen molar-refractivity contribution in [3.63, 3.8) is 0 Å². The van der Waals surface area contributed by atoms with Crippen LogP contribution in [0.4, 0.5) is 5.69 Å². The number of benzene rings is 1. The molecule has 0 spiro atoms. The lowest BCUT2D eigenvalue weighted by Crippen LogP contribution is -2.10. The van der Waals surface area contributed by atoms with Gasteiger partial charge in [0.2, 0.25) is 0 Å². The maximum absolute atomic E-state index is 6.26. The van der Waals surface area contributed by atoms with Gasteiger partial charge in [0.25, 0.3) is 0 Å². The molecule has 2 aromatic heterocycles. The lowest BCUT2D eigenvalue weighted by molar-refractivity contribution is 0.993. The van der Waals surface area contributed by atoms with Crippen molar-refractivity contribution in [2.24, 2.45) is 0 Å². The monoisotopic (exact) mass is 339 g/mol. The number of hydrogen-bond donors (Lipinski definition) is 1. The van der Waals surface area contributed by atoms with Gasteiger partial charge in [-0.15, -0.1) is 22.7 Å². The van der Waals surface area contributed by atoms with Gasteiger partial charge in [-0.05, 0) is 35.0 Å². The number of nitrogens with one attached hydrogen (secondary N) is 1. The molecule has 0 aliphatic heterocycles. The third-order valence-corrected chi connectivity index (χ3v) is 5.41. The molecule has 0 bridgehead atoms. The third kappa shape index (κ3) is 2.86. The van der Waals surface area contributed by atoms with Crippen LogP contribution in [0, 0.1) is 0 Å². The lowest BCUT2D eigenvalue weighted by Gasteiger charge is -2.19. The lowest BCUT2D eigenvalue weighted by atomic mass is 10.2. The zero-order valence-electron chi connectivity index (χ0n) is 10.3. The molecule has 1 N–H and O–H groups in total. The second-order valence-electron chi connectivity index (χ2n) is 4.20. The van der Waals surface area contributed by atoms with E-state index in [1.54, 1.807) is 22.7 Å². The van der Waals surface area contributed by atoms with E-state index in [4.69, 9.17) is 23.2 Å². The summed E-state index contributed by atoms with van der Waals surface area (Å²) >= 11 is 15.9.